The maximum Gasteiger partial charge on any atom is 0.241 e. The number of rotatable bonds is 9. The maximum absolute atomic E-state index is 12.1. The van der Waals surface area contributed by atoms with Crippen LogP contribution in [0.15, 0.2) is 27.6 Å². The van der Waals surface area contributed by atoms with E-state index in [1.165, 1.54) is 0 Å². The van der Waals surface area contributed by atoms with E-state index >= 15 is 0 Å². The van der Waals surface area contributed by atoms with Crippen LogP contribution in [-0.4, -0.2) is 41.9 Å². The Labute approximate surface area is 127 Å². The van der Waals surface area contributed by atoms with E-state index in [0.717, 1.165) is 5.56 Å². The lowest BCUT2D eigenvalue weighted by atomic mass is 10.2. The third kappa shape index (κ3) is 5.47. The number of sulfonamides is 1. The Balaban J connectivity index is 2.60. The van der Waals surface area contributed by atoms with Gasteiger partial charge in [0.15, 0.2) is 0 Å². The van der Waals surface area contributed by atoms with E-state index in [9.17, 15) is 8.42 Å². The number of nitrogens with two attached hydrogens (primary N) is 1. The minimum absolute atomic E-state index is 0.178. The van der Waals surface area contributed by atoms with Gasteiger partial charge < -0.3 is 15.2 Å². The molecule has 1 rings (SSSR count). The number of halogens is 1. The molecular weight excluding hydrogens is 348 g/mol. The van der Waals surface area contributed by atoms with Crippen molar-refractivity contribution in [3.63, 3.8) is 0 Å². The minimum atomic E-state index is -3.58. The average Bonchev–Trinajstić information content (AvgIpc) is 2.43. The van der Waals surface area contributed by atoms with Crippen molar-refractivity contribution in [2.24, 2.45) is 5.73 Å². The van der Waals surface area contributed by atoms with Crippen LogP contribution in [0.25, 0.3) is 0 Å². The van der Waals surface area contributed by atoms with Gasteiger partial charge in [-0.2, -0.15) is 0 Å². The van der Waals surface area contributed by atoms with Crippen LogP contribution in [-0.2, 0) is 26.0 Å². The fraction of sp³-hybridized carbons (Fsp3) is 0.500. The second-order valence-corrected chi connectivity index (χ2v) is 6.56. The molecule has 0 saturated carbocycles. The second-order valence-electron chi connectivity index (χ2n) is 3.97. The number of methoxy groups -OCH3 is 1. The summed E-state index contributed by atoms with van der Waals surface area (Å²) in [5.74, 6) is 0. The summed E-state index contributed by atoms with van der Waals surface area (Å²) >= 11 is 3.23. The van der Waals surface area contributed by atoms with Gasteiger partial charge in [-0.1, -0.05) is 6.07 Å². The zero-order valence-electron chi connectivity index (χ0n) is 11.3. The molecule has 0 fully saturated rings. The van der Waals surface area contributed by atoms with E-state index < -0.39 is 10.0 Å². The summed E-state index contributed by atoms with van der Waals surface area (Å²) in [5.41, 5.74) is 6.27. The number of ether oxygens (including phenoxy) is 2. The Morgan fingerprint density at radius 1 is 1.30 bits per heavy atom. The molecule has 0 aliphatic heterocycles. The van der Waals surface area contributed by atoms with Crippen LogP contribution in [0.4, 0.5) is 0 Å². The van der Waals surface area contributed by atoms with Gasteiger partial charge >= 0.3 is 0 Å². The third-order valence-corrected chi connectivity index (χ3v) is 4.95. The predicted molar refractivity (Wildman–Crippen MR) is 79.9 cm³/mol. The topological polar surface area (TPSA) is 90.6 Å². The van der Waals surface area contributed by atoms with E-state index in [4.69, 9.17) is 15.2 Å². The molecule has 1 aromatic carbocycles. The summed E-state index contributed by atoms with van der Waals surface area (Å²) < 4.78 is 37.3. The van der Waals surface area contributed by atoms with Crippen molar-refractivity contribution in [2.45, 2.75) is 11.4 Å². The summed E-state index contributed by atoms with van der Waals surface area (Å²) in [6.45, 7) is 1.69. The first-order chi connectivity index (χ1) is 9.51. The van der Waals surface area contributed by atoms with Crippen molar-refractivity contribution in [1.82, 2.24) is 4.72 Å². The Kier molecular flexibility index (Phi) is 7.63. The number of benzene rings is 1. The Morgan fingerprint density at radius 2 is 2.05 bits per heavy atom. The molecule has 1 aromatic rings. The van der Waals surface area contributed by atoms with Gasteiger partial charge in [0.2, 0.25) is 10.0 Å². The van der Waals surface area contributed by atoms with Crippen molar-refractivity contribution in [1.29, 1.82) is 0 Å². The molecule has 0 spiro atoms. The van der Waals surface area contributed by atoms with Crippen molar-refractivity contribution in [3.05, 3.63) is 28.2 Å². The highest BCUT2D eigenvalue weighted by atomic mass is 79.9. The first kappa shape index (κ1) is 17.5. The van der Waals surface area contributed by atoms with E-state index in [1.807, 2.05) is 0 Å². The fourth-order valence-corrected chi connectivity index (χ4v) is 3.48. The molecule has 8 heteroatoms. The Hall–Kier alpha value is -0.510. The van der Waals surface area contributed by atoms with E-state index in [0.29, 0.717) is 17.7 Å². The summed E-state index contributed by atoms with van der Waals surface area (Å²) in [7, 11) is -2.00. The quantitative estimate of drug-likeness (QED) is 0.632. The molecule has 0 radical (unpaired) electrons. The van der Waals surface area contributed by atoms with Crippen LogP contribution < -0.4 is 10.5 Å². The number of nitrogens with one attached hydrogen (secondary N) is 1. The molecule has 0 bridgehead atoms. The summed E-state index contributed by atoms with van der Waals surface area (Å²) in [4.78, 5) is 0.178. The fourth-order valence-electron chi connectivity index (χ4n) is 1.45. The van der Waals surface area contributed by atoms with Crippen molar-refractivity contribution < 1.29 is 17.9 Å². The Bertz CT molecular complexity index is 522. The third-order valence-electron chi connectivity index (χ3n) is 2.49. The minimum Gasteiger partial charge on any atom is -0.382 e. The molecule has 0 heterocycles. The molecule has 20 heavy (non-hydrogen) atoms. The van der Waals surface area contributed by atoms with Gasteiger partial charge in [-0.15, -0.1) is 0 Å². The van der Waals surface area contributed by atoms with Crippen LogP contribution in [0.5, 0.6) is 0 Å². The van der Waals surface area contributed by atoms with Crippen LogP contribution in [0, 0.1) is 0 Å². The van der Waals surface area contributed by atoms with E-state index in [2.05, 4.69) is 20.7 Å². The molecule has 0 aliphatic carbocycles. The smallest absolute Gasteiger partial charge is 0.241 e. The molecule has 0 aliphatic rings. The largest absolute Gasteiger partial charge is 0.382 e. The summed E-state index contributed by atoms with van der Waals surface area (Å²) in [6.07, 6.45) is 0. The maximum atomic E-state index is 12.1. The highest BCUT2D eigenvalue weighted by Crippen LogP contribution is 2.22. The van der Waals surface area contributed by atoms with Gasteiger partial charge in [-0.3, -0.25) is 0 Å². The standard InChI is InChI=1S/C12H19BrN2O4S/c1-18-6-7-19-5-4-15-20(16,17)12-8-10(9-14)2-3-11(12)13/h2-3,8,15H,4-7,9,14H2,1H3. The zero-order chi connectivity index (χ0) is 15.0. The lowest BCUT2D eigenvalue weighted by molar-refractivity contribution is 0.0736. The molecule has 0 unspecified atom stereocenters. The lowest BCUT2D eigenvalue weighted by Gasteiger charge is -2.10. The molecule has 0 saturated heterocycles. The highest BCUT2D eigenvalue weighted by Gasteiger charge is 2.17. The Morgan fingerprint density at radius 3 is 2.70 bits per heavy atom. The SMILES string of the molecule is COCCOCCNS(=O)(=O)c1cc(CN)ccc1Br. The molecule has 0 atom stereocenters. The van der Waals surface area contributed by atoms with Gasteiger partial charge in [-0.05, 0) is 33.6 Å². The number of hydrogen-bond acceptors (Lipinski definition) is 5. The van der Waals surface area contributed by atoms with Crippen molar-refractivity contribution in [3.8, 4) is 0 Å². The second kappa shape index (κ2) is 8.71. The lowest BCUT2D eigenvalue weighted by Crippen LogP contribution is -2.28. The van der Waals surface area contributed by atoms with Crippen LogP contribution >= 0.6 is 15.9 Å². The van der Waals surface area contributed by atoms with Gasteiger partial charge in [0.1, 0.15) is 0 Å². The van der Waals surface area contributed by atoms with Gasteiger partial charge in [0.05, 0.1) is 24.7 Å². The van der Waals surface area contributed by atoms with Crippen molar-refractivity contribution in [2.75, 3.05) is 33.5 Å². The van der Waals surface area contributed by atoms with E-state index in [1.54, 1.807) is 25.3 Å². The zero-order valence-corrected chi connectivity index (χ0v) is 13.7. The average molecular weight is 367 g/mol. The van der Waals surface area contributed by atoms with Crippen molar-refractivity contribution >= 4 is 26.0 Å². The van der Waals surface area contributed by atoms with Gasteiger partial charge in [0, 0.05) is 24.7 Å². The number of hydrogen-bond donors (Lipinski definition) is 2. The highest BCUT2D eigenvalue weighted by molar-refractivity contribution is 9.10. The van der Waals surface area contributed by atoms with Crippen LogP contribution in [0.2, 0.25) is 0 Å². The molecule has 0 amide bonds. The normalized spacial score (nSPS) is 11.8. The summed E-state index contributed by atoms with van der Waals surface area (Å²) in [5, 5.41) is 0. The summed E-state index contributed by atoms with van der Waals surface area (Å²) in [6, 6.07) is 5.00. The van der Waals surface area contributed by atoms with Gasteiger partial charge in [0.25, 0.3) is 0 Å². The molecule has 114 valence electrons. The molecular formula is C12H19BrN2O4S. The predicted octanol–water partition coefficient (Wildman–Crippen LogP) is 0.849. The van der Waals surface area contributed by atoms with Gasteiger partial charge in [-0.25, -0.2) is 13.1 Å². The molecule has 3 N–H and O–H groups in total. The van der Waals surface area contributed by atoms with Crippen LogP contribution in [0.3, 0.4) is 0 Å². The van der Waals surface area contributed by atoms with Crippen LogP contribution in [0.1, 0.15) is 5.56 Å². The molecule has 0 aromatic heterocycles. The first-order valence-electron chi connectivity index (χ1n) is 6.06. The first-order valence-corrected chi connectivity index (χ1v) is 8.33. The molecule has 6 nitrogen and oxygen atoms in total. The monoisotopic (exact) mass is 366 g/mol. The van der Waals surface area contributed by atoms with E-state index in [-0.39, 0.29) is 24.6 Å².